The highest BCUT2D eigenvalue weighted by molar-refractivity contribution is 5.95. The Morgan fingerprint density at radius 3 is 1.37 bits per heavy atom. The molecule has 8 N–H and O–H groups in total. The minimum atomic E-state index is -0.295. The lowest BCUT2D eigenvalue weighted by Gasteiger charge is -2.25. The molecule has 4 amide bonds. The van der Waals surface area contributed by atoms with Crippen molar-refractivity contribution in [1.82, 2.24) is 31.1 Å². The number of unbranched alkanes of at least 4 members (excludes halogenated alkanes) is 2. The predicted octanol–water partition coefficient (Wildman–Crippen LogP) is 10.2. The van der Waals surface area contributed by atoms with Gasteiger partial charge in [-0.15, -0.1) is 0 Å². The molecule has 2 aliphatic rings. The van der Waals surface area contributed by atoms with E-state index in [0.717, 1.165) is 90.3 Å². The molecule has 418 valence electrons. The number of nitrogens with one attached hydrogen (secondary N) is 4. The summed E-state index contributed by atoms with van der Waals surface area (Å²) in [5.41, 5.74) is 19.9. The number of nitrogens with two attached hydrogens (primary N) is 2. The molecule has 0 aromatic heterocycles. The molecule has 12 heteroatoms. The van der Waals surface area contributed by atoms with Crippen molar-refractivity contribution < 1.29 is 19.2 Å². The SMILES string of the molecule is NCCCC[C@H]1N[C@@H](CNC(=O)Cc2ccc(-c3ccccc3)cc2)CCN(Cc2cccc3ccccc23)C1=O.NCCCC[C@H]1N[C@@H](CNC(=O)c2ccc(-c3ccccc3)cc2)CCN(Cc2cccc3ccccc23)C1=O. The zero-order valence-electron chi connectivity index (χ0n) is 46.5. The summed E-state index contributed by atoms with van der Waals surface area (Å²) in [5, 5.41) is 18.1. The highest BCUT2D eigenvalue weighted by Crippen LogP contribution is 2.26. The molecule has 0 saturated carbocycles. The highest BCUT2D eigenvalue weighted by atomic mass is 16.2. The molecular weight excluding hydrogens is 1000 g/mol. The summed E-state index contributed by atoms with van der Waals surface area (Å²) in [4.78, 5) is 57.2. The second kappa shape index (κ2) is 29.5. The van der Waals surface area contributed by atoms with Crippen LogP contribution in [0.15, 0.2) is 194 Å². The Bertz CT molecular complexity index is 3290. The maximum absolute atomic E-state index is 13.7. The normalized spacial score (nSPS) is 17.5. The summed E-state index contributed by atoms with van der Waals surface area (Å²) in [5.74, 6) is 0.129. The first kappa shape index (κ1) is 57.7. The van der Waals surface area contributed by atoms with Gasteiger partial charge in [-0.3, -0.25) is 19.2 Å². The van der Waals surface area contributed by atoms with Crippen LogP contribution in [0.25, 0.3) is 43.8 Å². The van der Waals surface area contributed by atoms with Gasteiger partial charge in [0.05, 0.1) is 18.5 Å². The average molecular weight is 1080 g/mol. The molecule has 0 aliphatic carbocycles. The van der Waals surface area contributed by atoms with Crippen molar-refractivity contribution in [3.8, 4) is 22.3 Å². The van der Waals surface area contributed by atoms with Gasteiger partial charge in [0.1, 0.15) is 0 Å². The number of carbonyl (C=O) groups excluding carboxylic acids is 4. The van der Waals surface area contributed by atoms with Crippen molar-refractivity contribution in [2.45, 2.75) is 95.0 Å². The van der Waals surface area contributed by atoms with Crippen LogP contribution in [0.1, 0.15) is 78.4 Å². The molecule has 2 aliphatic heterocycles. The number of hydrogen-bond donors (Lipinski definition) is 6. The van der Waals surface area contributed by atoms with Gasteiger partial charge in [-0.05, 0) is 124 Å². The summed E-state index contributed by atoms with van der Waals surface area (Å²) < 4.78 is 0. The van der Waals surface area contributed by atoms with Gasteiger partial charge in [0.25, 0.3) is 5.91 Å². The minimum Gasteiger partial charge on any atom is -0.354 e. The summed E-state index contributed by atoms with van der Waals surface area (Å²) >= 11 is 0. The Hall–Kier alpha value is -8.00. The van der Waals surface area contributed by atoms with Crippen molar-refractivity contribution in [2.24, 2.45) is 11.5 Å². The summed E-state index contributed by atoms with van der Waals surface area (Å²) in [7, 11) is 0. The monoisotopic (exact) mass is 1080 g/mol. The second-order valence-electron chi connectivity index (χ2n) is 21.5. The quantitative estimate of drug-likeness (QED) is 0.0386. The molecule has 2 heterocycles. The van der Waals surface area contributed by atoms with Gasteiger partial charge in [0, 0.05) is 56.9 Å². The molecule has 2 saturated heterocycles. The first-order chi connectivity index (χ1) is 39.7. The smallest absolute Gasteiger partial charge is 0.251 e. The maximum atomic E-state index is 13.7. The Balaban J connectivity index is 0.000000196. The Morgan fingerprint density at radius 2 is 0.889 bits per heavy atom. The van der Waals surface area contributed by atoms with Crippen LogP contribution in [0.2, 0.25) is 0 Å². The van der Waals surface area contributed by atoms with E-state index in [4.69, 9.17) is 11.5 Å². The van der Waals surface area contributed by atoms with Crippen LogP contribution < -0.4 is 32.7 Å². The second-order valence-corrected chi connectivity index (χ2v) is 21.5. The van der Waals surface area contributed by atoms with Crippen LogP contribution in [-0.2, 0) is 33.9 Å². The van der Waals surface area contributed by atoms with Gasteiger partial charge < -0.3 is 42.5 Å². The fourth-order valence-electron chi connectivity index (χ4n) is 11.2. The van der Waals surface area contributed by atoms with E-state index in [1.807, 2.05) is 107 Å². The molecule has 10 rings (SSSR count). The van der Waals surface area contributed by atoms with Crippen molar-refractivity contribution >= 4 is 45.2 Å². The number of amides is 4. The van der Waals surface area contributed by atoms with Crippen LogP contribution in [-0.4, -0.2) is 96.9 Å². The third-order valence-corrected chi connectivity index (χ3v) is 15.7. The number of rotatable bonds is 21. The summed E-state index contributed by atoms with van der Waals surface area (Å²) in [6, 6.07) is 64.8. The van der Waals surface area contributed by atoms with Crippen molar-refractivity contribution in [3.05, 3.63) is 216 Å². The van der Waals surface area contributed by atoms with E-state index in [2.05, 4.69) is 118 Å². The van der Waals surface area contributed by atoms with Gasteiger partial charge in [-0.2, -0.15) is 0 Å². The largest absolute Gasteiger partial charge is 0.354 e. The van der Waals surface area contributed by atoms with E-state index in [-0.39, 0.29) is 47.8 Å². The van der Waals surface area contributed by atoms with E-state index in [1.165, 1.54) is 21.5 Å². The molecule has 2 fully saturated rings. The average Bonchev–Trinajstić information content (AvgIpc) is 3.80. The van der Waals surface area contributed by atoms with Crippen molar-refractivity contribution in [3.63, 3.8) is 0 Å². The van der Waals surface area contributed by atoms with Gasteiger partial charge in [-0.25, -0.2) is 0 Å². The first-order valence-electron chi connectivity index (χ1n) is 29.0. The first-order valence-corrected chi connectivity index (χ1v) is 29.0. The Labute approximate surface area is 477 Å². The third-order valence-electron chi connectivity index (χ3n) is 15.7. The number of fused-ring (bicyclic) bond motifs is 2. The third kappa shape index (κ3) is 16.1. The minimum absolute atomic E-state index is 0.00288. The lowest BCUT2D eigenvalue weighted by Crippen LogP contribution is -2.48. The van der Waals surface area contributed by atoms with Gasteiger partial charge in [0.15, 0.2) is 0 Å². The Kier molecular flexibility index (Phi) is 21.0. The number of carbonyl (C=O) groups is 4. The molecule has 81 heavy (non-hydrogen) atoms. The standard InChI is InChI=1S/C35H40N4O2.C34H38N4O2/c36-21-7-6-15-33-35(41)39(25-30-13-8-12-29-11-4-5-14-32(29)30)22-20-31(38-33)24-37-34(40)23-26-16-18-28(19-17-26)27-9-2-1-3-10-27;35-21-7-6-15-32-34(40)38(24-29-13-8-12-27-11-4-5-14-31(27)29)22-20-30(37-32)23-36-33(39)28-18-16-26(17-19-28)25-9-2-1-3-10-25/h1-5,8-14,16-19,31,33,38H,6-7,15,20-25,36H2,(H,37,40);1-5,8-14,16-19,30,32,37H,6-7,15,20-24,35H2,(H,36,39)/t31-,33-;30-,32-/m11/s1. The van der Waals surface area contributed by atoms with E-state index in [0.29, 0.717) is 64.3 Å². The summed E-state index contributed by atoms with van der Waals surface area (Å²) in [6.45, 7) is 4.61. The molecule has 0 unspecified atom stereocenters. The van der Waals surface area contributed by atoms with E-state index in [1.54, 1.807) is 0 Å². The molecular formula is C69H78N8O4. The number of benzene rings is 8. The molecule has 0 bridgehead atoms. The van der Waals surface area contributed by atoms with Crippen LogP contribution in [0.4, 0.5) is 0 Å². The molecule has 8 aromatic rings. The van der Waals surface area contributed by atoms with E-state index < -0.39 is 0 Å². The zero-order chi connectivity index (χ0) is 56.2. The van der Waals surface area contributed by atoms with Gasteiger partial charge in [0.2, 0.25) is 17.7 Å². The van der Waals surface area contributed by atoms with Crippen LogP contribution in [0.5, 0.6) is 0 Å². The fraction of sp³-hybridized carbons (Fsp3) is 0.304. The van der Waals surface area contributed by atoms with Gasteiger partial charge >= 0.3 is 0 Å². The lowest BCUT2D eigenvalue weighted by molar-refractivity contribution is -0.134. The van der Waals surface area contributed by atoms with Crippen molar-refractivity contribution in [2.75, 3.05) is 39.3 Å². The van der Waals surface area contributed by atoms with Gasteiger partial charge in [-0.1, -0.05) is 195 Å². The molecule has 0 radical (unpaired) electrons. The van der Waals surface area contributed by atoms with E-state index in [9.17, 15) is 19.2 Å². The molecule has 12 nitrogen and oxygen atoms in total. The maximum Gasteiger partial charge on any atom is 0.251 e. The summed E-state index contributed by atoms with van der Waals surface area (Å²) in [6.07, 6.45) is 6.87. The van der Waals surface area contributed by atoms with Crippen LogP contribution in [0.3, 0.4) is 0 Å². The molecule has 4 atom stereocenters. The Morgan fingerprint density at radius 1 is 0.469 bits per heavy atom. The van der Waals surface area contributed by atoms with Crippen molar-refractivity contribution in [1.29, 1.82) is 0 Å². The molecule has 0 spiro atoms. The molecule has 8 aromatic carbocycles. The van der Waals surface area contributed by atoms with Crippen LogP contribution >= 0.6 is 0 Å². The highest BCUT2D eigenvalue weighted by Gasteiger charge is 2.32. The fourth-order valence-corrected chi connectivity index (χ4v) is 11.2. The zero-order valence-corrected chi connectivity index (χ0v) is 46.5. The number of hydrogen-bond acceptors (Lipinski definition) is 8. The van der Waals surface area contributed by atoms with Crippen LogP contribution in [0, 0.1) is 0 Å². The predicted molar refractivity (Wildman–Crippen MR) is 328 cm³/mol. The van der Waals surface area contributed by atoms with E-state index >= 15 is 0 Å². The topological polar surface area (TPSA) is 175 Å². The number of nitrogens with zero attached hydrogens (tertiary/aromatic N) is 2. The lowest BCUT2D eigenvalue weighted by atomic mass is 10.0.